The van der Waals surface area contributed by atoms with E-state index in [-0.39, 0.29) is 24.1 Å². The van der Waals surface area contributed by atoms with Crippen molar-refractivity contribution in [1.29, 1.82) is 0 Å². The first-order chi connectivity index (χ1) is 8.98. The quantitative estimate of drug-likeness (QED) is 0.897. The number of benzene rings is 1. The summed E-state index contributed by atoms with van der Waals surface area (Å²) < 4.78 is 22.9. The van der Waals surface area contributed by atoms with E-state index in [4.69, 9.17) is 5.11 Å². The molecule has 1 N–H and O–H groups in total. The molecule has 0 radical (unpaired) electrons. The minimum atomic E-state index is -2.93. The fourth-order valence-electron chi connectivity index (χ4n) is 2.39. The molecule has 1 aliphatic rings. The molecule has 0 bridgehead atoms. The molecule has 1 aromatic carbocycles. The summed E-state index contributed by atoms with van der Waals surface area (Å²) in [5, 5.41) is 9.02. The summed E-state index contributed by atoms with van der Waals surface area (Å²) in [7, 11) is -2.93. The second-order valence-corrected chi connectivity index (χ2v) is 7.04. The van der Waals surface area contributed by atoms with Crippen LogP contribution in [0.5, 0.6) is 0 Å². The minimum Gasteiger partial charge on any atom is -0.480 e. The molecule has 0 amide bonds. The molecule has 0 aromatic heterocycles. The molecule has 6 heteroatoms. The maximum Gasteiger partial charge on any atom is 0.323 e. The lowest BCUT2D eigenvalue weighted by Gasteiger charge is -2.34. The minimum absolute atomic E-state index is 0.0259. The Bertz CT molecular complexity index is 527. The predicted molar refractivity (Wildman–Crippen MR) is 73.1 cm³/mol. The van der Waals surface area contributed by atoms with E-state index in [0.29, 0.717) is 12.8 Å². The van der Waals surface area contributed by atoms with Gasteiger partial charge in [0.15, 0.2) is 0 Å². The van der Waals surface area contributed by atoms with E-state index in [1.165, 1.54) is 0 Å². The number of anilines is 1. The van der Waals surface area contributed by atoms with Crippen LogP contribution in [0.25, 0.3) is 0 Å². The van der Waals surface area contributed by atoms with Crippen LogP contribution in [0.15, 0.2) is 30.3 Å². The number of carboxylic acid groups (broad SMARTS) is 1. The van der Waals surface area contributed by atoms with E-state index >= 15 is 0 Å². The third kappa shape index (κ3) is 3.70. The number of sulfone groups is 1. The highest BCUT2D eigenvalue weighted by Crippen LogP contribution is 2.24. The zero-order chi connectivity index (χ0) is 13.9. The van der Waals surface area contributed by atoms with Crippen molar-refractivity contribution in [3.63, 3.8) is 0 Å². The van der Waals surface area contributed by atoms with Gasteiger partial charge in [-0.25, -0.2) is 8.42 Å². The van der Waals surface area contributed by atoms with Crippen molar-refractivity contribution in [1.82, 2.24) is 0 Å². The molecule has 1 heterocycles. The number of nitrogens with zero attached hydrogens (tertiary/aromatic N) is 1. The summed E-state index contributed by atoms with van der Waals surface area (Å²) in [6.45, 7) is -0.102. The smallest absolute Gasteiger partial charge is 0.323 e. The normalized spacial score (nSPS) is 18.9. The zero-order valence-corrected chi connectivity index (χ0v) is 11.3. The standard InChI is InChI=1S/C13H17NO4S/c15-13(16)10-14(11-4-2-1-3-5-11)12-6-8-19(17,18)9-7-12/h1-5,12H,6-10H2,(H,15,16). The Balaban J connectivity index is 2.17. The van der Waals surface area contributed by atoms with Gasteiger partial charge in [-0.3, -0.25) is 4.79 Å². The monoisotopic (exact) mass is 283 g/mol. The predicted octanol–water partition coefficient (Wildman–Crippen LogP) is 1.15. The zero-order valence-electron chi connectivity index (χ0n) is 10.5. The fraction of sp³-hybridized carbons (Fsp3) is 0.462. The van der Waals surface area contributed by atoms with Crippen molar-refractivity contribution in [2.75, 3.05) is 23.0 Å². The summed E-state index contributed by atoms with van der Waals surface area (Å²) in [5.41, 5.74) is 0.828. The number of aliphatic carboxylic acids is 1. The molecule has 0 atom stereocenters. The third-order valence-electron chi connectivity index (χ3n) is 3.36. The average molecular weight is 283 g/mol. The first-order valence-electron chi connectivity index (χ1n) is 6.22. The van der Waals surface area contributed by atoms with Gasteiger partial charge in [0, 0.05) is 11.7 Å². The lowest BCUT2D eigenvalue weighted by atomic mass is 10.1. The maximum absolute atomic E-state index is 11.4. The Hall–Kier alpha value is -1.56. The van der Waals surface area contributed by atoms with E-state index in [2.05, 4.69) is 0 Å². The van der Waals surface area contributed by atoms with Gasteiger partial charge in [0.1, 0.15) is 16.4 Å². The maximum atomic E-state index is 11.4. The molecule has 1 aromatic rings. The van der Waals surface area contributed by atoms with E-state index in [9.17, 15) is 13.2 Å². The average Bonchev–Trinajstić information content (AvgIpc) is 2.37. The number of hydrogen-bond donors (Lipinski definition) is 1. The second kappa shape index (κ2) is 5.61. The lowest BCUT2D eigenvalue weighted by Crippen LogP contribution is -2.44. The van der Waals surface area contributed by atoms with Crippen LogP contribution in [0, 0.1) is 0 Å². The Kier molecular flexibility index (Phi) is 4.09. The summed E-state index contributed by atoms with van der Waals surface area (Å²) in [4.78, 5) is 12.8. The number of hydrogen-bond acceptors (Lipinski definition) is 4. The van der Waals surface area contributed by atoms with Gasteiger partial charge in [-0.05, 0) is 25.0 Å². The highest BCUT2D eigenvalue weighted by Gasteiger charge is 2.29. The van der Waals surface area contributed by atoms with Crippen molar-refractivity contribution < 1.29 is 18.3 Å². The van der Waals surface area contributed by atoms with Crippen LogP contribution in [0.3, 0.4) is 0 Å². The molecule has 0 spiro atoms. The van der Waals surface area contributed by atoms with Crippen molar-refractivity contribution in [2.24, 2.45) is 0 Å². The molecule has 2 rings (SSSR count). The molecular weight excluding hydrogens is 266 g/mol. The Morgan fingerprint density at radius 1 is 1.21 bits per heavy atom. The molecule has 104 valence electrons. The van der Waals surface area contributed by atoms with E-state index in [0.717, 1.165) is 5.69 Å². The van der Waals surface area contributed by atoms with Crippen LogP contribution in [0.1, 0.15) is 12.8 Å². The number of carbonyl (C=O) groups is 1. The summed E-state index contributed by atoms with van der Waals surface area (Å²) in [5.74, 6) is -0.626. The highest BCUT2D eigenvalue weighted by molar-refractivity contribution is 7.91. The Morgan fingerprint density at radius 2 is 1.79 bits per heavy atom. The van der Waals surface area contributed by atoms with Crippen molar-refractivity contribution in [3.8, 4) is 0 Å². The molecule has 0 aliphatic carbocycles. The van der Waals surface area contributed by atoms with Gasteiger partial charge in [0.25, 0.3) is 0 Å². The van der Waals surface area contributed by atoms with Gasteiger partial charge >= 0.3 is 5.97 Å². The van der Waals surface area contributed by atoms with Gasteiger partial charge in [-0.2, -0.15) is 0 Å². The van der Waals surface area contributed by atoms with Crippen molar-refractivity contribution in [2.45, 2.75) is 18.9 Å². The number of carboxylic acids is 1. The van der Waals surface area contributed by atoms with Gasteiger partial charge < -0.3 is 10.0 Å². The van der Waals surface area contributed by atoms with Crippen molar-refractivity contribution in [3.05, 3.63) is 30.3 Å². The largest absolute Gasteiger partial charge is 0.480 e. The first-order valence-corrected chi connectivity index (χ1v) is 8.04. The molecular formula is C13H17NO4S. The summed E-state index contributed by atoms with van der Waals surface area (Å²) in [6.07, 6.45) is 0.981. The lowest BCUT2D eigenvalue weighted by molar-refractivity contribution is -0.135. The molecule has 0 saturated carbocycles. The fourth-order valence-corrected chi connectivity index (χ4v) is 3.85. The molecule has 1 aliphatic heterocycles. The molecule has 0 unspecified atom stereocenters. The molecule has 1 fully saturated rings. The SMILES string of the molecule is O=C(O)CN(c1ccccc1)C1CCS(=O)(=O)CC1. The van der Waals surface area contributed by atoms with Crippen molar-refractivity contribution >= 4 is 21.5 Å². The van der Waals surface area contributed by atoms with Crippen LogP contribution >= 0.6 is 0 Å². The molecule has 1 saturated heterocycles. The second-order valence-electron chi connectivity index (χ2n) is 4.74. The van der Waals surface area contributed by atoms with Crippen LogP contribution < -0.4 is 4.90 Å². The third-order valence-corrected chi connectivity index (χ3v) is 5.07. The summed E-state index contributed by atoms with van der Waals surface area (Å²) >= 11 is 0. The van der Waals surface area contributed by atoms with E-state index in [1.807, 2.05) is 30.3 Å². The van der Waals surface area contributed by atoms with E-state index in [1.54, 1.807) is 4.90 Å². The summed E-state index contributed by atoms with van der Waals surface area (Å²) in [6, 6.07) is 9.25. The van der Waals surface area contributed by atoms with Crippen LogP contribution in [-0.4, -0.2) is 43.6 Å². The van der Waals surface area contributed by atoms with Gasteiger partial charge in [0.2, 0.25) is 0 Å². The highest BCUT2D eigenvalue weighted by atomic mass is 32.2. The molecule has 5 nitrogen and oxygen atoms in total. The van der Waals surface area contributed by atoms with Gasteiger partial charge in [0.05, 0.1) is 11.5 Å². The van der Waals surface area contributed by atoms with Gasteiger partial charge in [-0.1, -0.05) is 18.2 Å². The Morgan fingerprint density at radius 3 is 2.32 bits per heavy atom. The first kappa shape index (κ1) is 13.9. The number of para-hydroxylation sites is 1. The molecule has 19 heavy (non-hydrogen) atoms. The van der Waals surface area contributed by atoms with Crippen LogP contribution in [0.2, 0.25) is 0 Å². The topological polar surface area (TPSA) is 74.7 Å². The van der Waals surface area contributed by atoms with Crippen LogP contribution in [-0.2, 0) is 14.6 Å². The number of rotatable bonds is 4. The van der Waals surface area contributed by atoms with Crippen LogP contribution in [0.4, 0.5) is 5.69 Å². The Labute approximate surface area is 112 Å². The van der Waals surface area contributed by atoms with E-state index < -0.39 is 15.8 Å². The van der Waals surface area contributed by atoms with Gasteiger partial charge in [-0.15, -0.1) is 0 Å².